The average Bonchev–Trinajstić information content (AvgIpc) is 2.56. The van der Waals surface area contributed by atoms with Crippen molar-refractivity contribution >= 4 is 22.6 Å². The summed E-state index contributed by atoms with van der Waals surface area (Å²) in [5.41, 5.74) is 6.04. The van der Waals surface area contributed by atoms with Crippen LogP contribution in [0, 0.1) is 20.8 Å². The van der Waals surface area contributed by atoms with E-state index in [0.717, 1.165) is 33.7 Å². The molecule has 0 bridgehead atoms. The Bertz CT molecular complexity index is 918. The van der Waals surface area contributed by atoms with Crippen LogP contribution in [0.15, 0.2) is 42.5 Å². The summed E-state index contributed by atoms with van der Waals surface area (Å²) < 4.78 is 0. The van der Waals surface area contributed by atoms with Crippen LogP contribution in [0.25, 0.3) is 11.0 Å². The Labute approximate surface area is 142 Å². The van der Waals surface area contributed by atoms with Crippen LogP contribution in [0.5, 0.6) is 0 Å². The average molecular weight is 319 g/mol. The van der Waals surface area contributed by atoms with Gasteiger partial charge in [0.2, 0.25) is 0 Å². The SMILES string of the molecule is CCN(C(=O)c1ccc2nc(C)c(C)nc2c1)c1cccc(C)c1. The van der Waals surface area contributed by atoms with E-state index < -0.39 is 0 Å². The minimum absolute atomic E-state index is 0.0231. The number of rotatable bonds is 3. The zero-order valence-corrected chi connectivity index (χ0v) is 14.5. The number of aromatic nitrogens is 2. The molecule has 2 aromatic carbocycles. The van der Waals surface area contributed by atoms with Gasteiger partial charge in [0, 0.05) is 17.8 Å². The van der Waals surface area contributed by atoms with Crippen molar-refractivity contribution in [2.75, 3.05) is 11.4 Å². The number of amides is 1. The highest BCUT2D eigenvalue weighted by Gasteiger charge is 2.17. The van der Waals surface area contributed by atoms with E-state index in [9.17, 15) is 4.79 Å². The van der Waals surface area contributed by atoms with Gasteiger partial charge in [-0.3, -0.25) is 4.79 Å². The van der Waals surface area contributed by atoms with Gasteiger partial charge >= 0.3 is 0 Å². The second-order valence-corrected chi connectivity index (χ2v) is 5.99. The maximum absolute atomic E-state index is 13.0. The summed E-state index contributed by atoms with van der Waals surface area (Å²) >= 11 is 0. The van der Waals surface area contributed by atoms with Crippen molar-refractivity contribution in [3.05, 3.63) is 65.0 Å². The van der Waals surface area contributed by atoms with Crippen LogP contribution < -0.4 is 4.90 Å². The van der Waals surface area contributed by atoms with Crippen LogP contribution in [0.2, 0.25) is 0 Å². The van der Waals surface area contributed by atoms with Gasteiger partial charge in [-0.25, -0.2) is 9.97 Å². The van der Waals surface area contributed by atoms with E-state index in [2.05, 4.69) is 9.97 Å². The molecule has 0 unspecified atom stereocenters. The number of carbonyl (C=O) groups excluding carboxylic acids is 1. The number of nitrogens with zero attached hydrogens (tertiary/aromatic N) is 3. The van der Waals surface area contributed by atoms with Gasteiger partial charge in [0.05, 0.1) is 22.4 Å². The minimum atomic E-state index is -0.0231. The van der Waals surface area contributed by atoms with Crippen molar-refractivity contribution in [3.8, 4) is 0 Å². The first-order valence-electron chi connectivity index (χ1n) is 8.13. The topological polar surface area (TPSA) is 46.1 Å². The fourth-order valence-corrected chi connectivity index (χ4v) is 2.76. The monoisotopic (exact) mass is 319 g/mol. The number of anilines is 1. The molecular weight excluding hydrogens is 298 g/mol. The van der Waals surface area contributed by atoms with Gasteiger partial charge < -0.3 is 4.90 Å². The molecular formula is C20H21N3O. The van der Waals surface area contributed by atoms with Crippen molar-refractivity contribution < 1.29 is 4.79 Å². The van der Waals surface area contributed by atoms with Crippen molar-refractivity contribution in [1.29, 1.82) is 0 Å². The molecule has 4 nitrogen and oxygen atoms in total. The molecule has 3 aromatic rings. The molecule has 0 atom stereocenters. The van der Waals surface area contributed by atoms with Crippen LogP contribution in [0.3, 0.4) is 0 Å². The Morgan fingerprint density at radius 2 is 1.67 bits per heavy atom. The Morgan fingerprint density at radius 3 is 2.33 bits per heavy atom. The Hall–Kier alpha value is -2.75. The van der Waals surface area contributed by atoms with E-state index in [-0.39, 0.29) is 5.91 Å². The molecule has 0 N–H and O–H groups in total. The smallest absolute Gasteiger partial charge is 0.258 e. The molecule has 0 saturated carbocycles. The summed E-state index contributed by atoms with van der Waals surface area (Å²) in [6, 6.07) is 13.5. The highest BCUT2D eigenvalue weighted by Crippen LogP contribution is 2.21. The van der Waals surface area contributed by atoms with Crippen LogP contribution in [-0.2, 0) is 0 Å². The Kier molecular flexibility index (Phi) is 4.30. The third kappa shape index (κ3) is 3.00. The largest absolute Gasteiger partial charge is 0.309 e. The first-order chi connectivity index (χ1) is 11.5. The van der Waals surface area contributed by atoms with Crippen LogP contribution in [-0.4, -0.2) is 22.4 Å². The van der Waals surface area contributed by atoms with Crippen LogP contribution in [0.1, 0.15) is 34.2 Å². The van der Waals surface area contributed by atoms with E-state index in [0.29, 0.717) is 12.1 Å². The lowest BCUT2D eigenvalue weighted by Gasteiger charge is -2.21. The van der Waals surface area contributed by atoms with E-state index in [1.807, 2.05) is 70.2 Å². The fraction of sp³-hybridized carbons (Fsp3) is 0.250. The maximum Gasteiger partial charge on any atom is 0.258 e. The number of aryl methyl sites for hydroxylation is 3. The standard InChI is InChI=1S/C20H21N3O/c1-5-23(17-8-6-7-13(2)11-17)20(24)16-9-10-18-19(12-16)22-15(4)14(3)21-18/h6-12H,5H2,1-4H3. The molecule has 4 heteroatoms. The molecule has 0 aliphatic rings. The van der Waals surface area contributed by atoms with Crippen LogP contribution in [0.4, 0.5) is 5.69 Å². The number of hydrogen-bond acceptors (Lipinski definition) is 3. The van der Waals surface area contributed by atoms with Crippen molar-refractivity contribution in [1.82, 2.24) is 9.97 Å². The molecule has 0 aliphatic carbocycles. The molecule has 0 spiro atoms. The van der Waals surface area contributed by atoms with Crippen molar-refractivity contribution in [3.63, 3.8) is 0 Å². The summed E-state index contributed by atoms with van der Waals surface area (Å²) in [5, 5.41) is 0. The molecule has 0 aliphatic heterocycles. The van der Waals surface area contributed by atoms with Gasteiger partial charge in [-0.2, -0.15) is 0 Å². The van der Waals surface area contributed by atoms with E-state index >= 15 is 0 Å². The second kappa shape index (κ2) is 6.40. The summed E-state index contributed by atoms with van der Waals surface area (Å²) in [6.07, 6.45) is 0. The van der Waals surface area contributed by atoms with Gasteiger partial charge in [0.1, 0.15) is 0 Å². The summed E-state index contributed by atoms with van der Waals surface area (Å²) in [7, 11) is 0. The van der Waals surface area contributed by atoms with Crippen LogP contribution >= 0.6 is 0 Å². The Morgan fingerprint density at radius 1 is 0.958 bits per heavy atom. The number of fused-ring (bicyclic) bond motifs is 1. The van der Waals surface area contributed by atoms with Gasteiger partial charge in [-0.05, 0) is 63.6 Å². The lowest BCUT2D eigenvalue weighted by Crippen LogP contribution is -2.30. The van der Waals surface area contributed by atoms with E-state index in [1.54, 1.807) is 4.90 Å². The number of hydrogen-bond donors (Lipinski definition) is 0. The van der Waals surface area contributed by atoms with Gasteiger partial charge in [0.25, 0.3) is 5.91 Å². The molecule has 0 radical (unpaired) electrons. The summed E-state index contributed by atoms with van der Waals surface area (Å²) in [5.74, 6) is -0.0231. The molecule has 24 heavy (non-hydrogen) atoms. The minimum Gasteiger partial charge on any atom is -0.309 e. The molecule has 0 saturated heterocycles. The molecule has 1 heterocycles. The highest BCUT2D eigenvalue weighted by atomic mass is 16.2. The van der Waals surface area contributed by atoms with Crippen molar-refractivity contribution in [2.24, 2.45) is 0 Å². The lowest BCUT2D eigenvalue weighted by molar-refractivity contribution is 0.0988. The van der Waals surface area contributed by atoms with Gasteiger partial charge in [0.15, 0.2) is 0 Å². The number of benzene rings is 2. The molecule has 1 amide bonds. The third-order valence-electron chi connectivity index (χ3n) is 4.20. The molecule has 1 aromatic heterocycles. The van der Waals surface area contributed by atoms with Crippen molar-refractivity contribution in [2.45, 2.75) is 27.7 Å². The predicted molar refractivity (Wildman–Crippen MR) is 97.5 cm³/mol. The summed E-state index contributed by atoms with van der Waals surface area (Å²) in [4.78, 5) is 23.8. The quantitative estimate of drug-likeness (QED) is 0.726. The van der Waals surface area contributed by atoms with E-state index in [1.165, 1.54) is 0 Å². The lowest BCUT2D eigenvalue weighted by atomic mass is 10.1. The fourth-order valence-electron chi connectivity index (χ4n) is 2.76. The third-order valence-corrected chi connectivity index (χ3v) is 4.20. The van der Waals surface area contributed by atoms with Gasteiger partial charge in [-0.15, -0.1) is 0 Å². The Balaban J connectivity index is 2.01. The first kappa shape index (κ1) is 16.1. The molecule has 122 valence electrons. The normalized spacial score (nSPS) is 10.8. The number of carbonyl (C=O) groups is 1. The molecule has 3 rings (SSSR count). The predicted octanol–water partition coefficient (Wildman–Crippen LogP) is 4.22. The first-order valence-corrected chi connectivity index (χ1v) is 8.13. The highest BCUT2D eigenvalue weighted by molar-refractivity contribution is 6.07. The maximum atomic E-state index is 13.0. The zero-order valence-electron chi connectivity index (χ0n) is 14.5. The van der Waals surface area contributed by atoms with E-state index in [4.69, 9.17) is 0 Å². The second-order valence-electron chi connectivity index (χ2n) is 5.99. The zero-order chi connectivity index (χ0) is 17.3. The summed E-state index contributed by atoms with van der Waals surface area (Å²) in [6.45, 7) is 8.49. The van der Waals surface area contributed by atoms with Gasteiger partial charge in [-0.1, -0.05) is 12.1 Å². The molecule has 0 fully saturated rings.